The maximum Gasteiger partial charge on any atom is 0.144 e. The number of Topliss-reactive ketones (excluding diaryl/α,β-unsaturated/α-hetero) is 1. The summed E-state index contributed by atoms with van der Waals surface area (Å²) in [5.74, 6) is 0.230. The fourth-order valence-electron chi connectivity index (χ4n) is 1.92. The Bertz CT molecular complexity index is 323. The van der Waals surface area contributed by atoms with Crippen LogP contribution >= 0.6 is 0 Å². The van der Waals surface area contributed by atoms with Gasteiger partial charge in [0.15, 0.2) is 0 Å². The predicted octanol–water partition coefficient (Wildman–Crippen LogP) is 1.96. The van der Waals surface area contributed by atoms with Crippen LogP contribution in [0, 0.1) is 5.41 Å². The molecule has 0 fully saturated rings. The SMILES string of the molecule is CCC(CC)(CN)C(=O)Cc1cccnc1. The number of carbonyl (C=O) groups excluding carboxylic acids is 1. The summed E-state index contributed by atoms with van der Waals surface area (Å²) in [6.07, 6.45) is 5.50. The van der Waals surface area contributed by atoms with Crippen molar-refractivity contribution in [3.63, 3.8) is 0 Å². The zero-order chi connectivity index (χ0) is 12.0. The van der Waals surface area contributed by atoms with E-state index in [-0.39, 0.29) is 11.2 Å². The number of rotatable bonds is 6. The van der Waals surface area contributed by atoms with E-state index in [0.717, 1.165) is 18.4 Å². The molecule has 88 valence electrons. The van der Waals surface area contributed by atoms with Gasteiger partial charge in [-0.15, -0.1) is 0 Å². The van der Waals surface area contributed by atoms with Gasteiger partial charge in [-0.05, 0) is 24.5 Å². The van der Waals surface area contributed by atoms with Crippen molar-refractivity contribution in [1.29, 1.82) is 0 Å². The molecule has 16 heavy (non-hydrogen) atoms. The van der Waals surface area contributed by atoms with Crippen molar-refractivity contribution in [2.24, 2.45) is 11.1 Å². The number of aromatic nitrogens is 1. The van der Waals surface area contributed by atoms with Crippen molar-refractivity contribution in [2.75, 3.05) is 6.54 Å². The van der Waals surface area contributed by atoms with Gasteiger partial charge in [-0.25, -0.2) is 0 Å². The molecule has 0 aromatic carbocycles. The van der Waals surface area contributed by atoms with Gasteiger partial charge < -0.3 is 5.73 Å². The average Bonchev–Trinajstić information content (AvgIpc) is 2.33. The van der Waals surface area contributed by atoms with Crippen LogP contribution in [-0.2, 0) is 11.2 Å². The normalized spacial score (nSPS) is 11.4. The number of ketones is 1. The van der Waals surface area contributed by atoms with Gasteiger partial charge in [0.1, 0.15) is 5.78 Å². The lowest BCUT2D eigenvalue weighted by atomic mass is 9.76. The minimum Gasteiger partial charge on any atom is -0.329 e. The van der Waals surface area contributed by atoms with E-state index in [1.54, 1.807) is 12.4 Å². The number of hydrogen-bond donors (Lipinski definition) is 1. The molecule has 0 radical (unpaired) electrons. The largest absolute Gasteiger partial charge is 0.329 e. The quantitative estimate of drug-likeness (QED) is 0.797. The first-order valence-corrected chi connectivity index (χ1v) is 5.80. The number of nitrogens with two attached hydrogens (primary N) is 1. The lowest BCUT2D eigenvalue weighted by molar-refractivity contribution is -0.128. The lowest BCUT2D eigenvalue weighted by Gasteiger charge is -2.28. The topological polar surface area (TPSA) is 56.0 Å². The van der Waals surface area contributed by atoms with Crippen molar-refractivity contribution in [1.82, 2.24) is 4.98 Å². The summed E-state index contributed by atoms with van der Waals surface area (Å²) in [7, 11) is 0. The molecular weight excluding hydrogens is 200 g/mol. The van der Waals surface area contributed by atoms with Crippen LogP contribution in [0.4, 0.5) is 0 Å². The molecule has 0 bridgehead atoms. The highest BCUT2D eigenvalue weighted by molar-refractivity contribution is 5.86. The van der Waals surface area contributed by atoms with Crippen molar-refractivity contribution in [2.45, 2.75) is 33.1 Å². The fourth-order valence-corrected chi connectivity index (χ4v) is 1.92. The summed E-state index contributed by atoms with van der Waals surface area (Å²) in [5, 5.41) is 0. The number of hydrogen-bond acceptors (Lipinski definition) is 3. The molecule has 0 spiro atoms. The summed E-state index contributed by atoms with van der Waals surface area (Å²) in [4.78, 5) is 16.2. The van der Waals surface area contributed by atoms with Gasteiger partial charge in [-0.1, -0.05) is 19.9 Å². The summed E-state index contributed by atoms with van der Waals surface area (Å²) in [6.45, 7) is 4.48. The van der Waals surface area contributed by atoms with E-state index in [1.807, 2.05) is 26.0 Å². The Morgan fingerprint density at radius 1 is 1.44 bits per heavy atom. The summed E-state index contributed by atoms with van der Waals surface area (Å²) in [6, 6.07) is 3.78. The van der Waals surface area contributed by atoms with Crippen LogP contribution in [0.25, 0.3) is 0 Å². The van der Waals surface area contributed by atoms with Crippen molar-refractivity contribution in [3.8, 4) is 0 Å². The average molecular weight is 220 g/mol. The lowest BCUT2D eigenvalue weighted by Crippen LogP contribution is -2.38. The van der Waals surface area contributed by atoms with Crippen LogP contribution in [0.3, 0.4) is 0 Å². The van der Waals surface area contributed by atoms with E-state index in [4.69, 9.17) is 5.73 Å². The second kappa shape index (κ2) is 5.75. The van der Waals surface area contributed by atoms with Crippen LogP contribution in [0.1, 0.15) is 32.3 Å². The van der Waals surface area contributed by atoms with Crippen LogP contribution in [-0.4, -0.2) is 17.3 Å². The van der Waals surface area contributed by atoms with Crippen LogP contribution in [0.2, 0.25) is 0 Å². The molecule has 2 N–H and O–H groups in total. The van der Waals surface area contributed by atoms with Crippen LogP contribution in [0.15, 0.2) is 24.5 Å². The zero-order valence-corrected chi connectivity index (χ0v) is 10.1. The number of pyridine rings is 1. The van der Waals surface area contributed by atoms with Gasteiger partial charge in [-0.2, -0.15) is 0 Å². The smallest absolute Gasteiger partial charge is 0.144 e. The minimum absolute atomic E-state index is 0.230. The van der Waals surface area contributed by atoms with E-state index in [2.05, 4.69) is 4.98 Å². The maximum absolute atomic E-state index is 12.2. The van der Waals surface area contributed by atoms with E-state index in [9.17, 15) is 4.79 Å². The Kier molecular flexibility index (Phi) is 4.62. The third kappa shape index (κ3) is 2.67. The van der Waals surface area contributed by atoms with E-state index < -0.39 is 0 Å². The van der Waals surface area contributed by atoms with Gasteiger partial charge >= 0.3 is 0 Å². The molecule has 0 aliphatic rings. The molecule has 0 aliphatic carbocycles. The molecular formula is C13H20N2O. The Morgan fingerprint density at radius 2 is 2.12 bits per heavy atom. The van der Waals surface area contributed by atoms with Crippen molar-refractivity contribution in [3.05, 3.63) is 30.1 Å². The van der Waals surface area contributed by atoms with Crippen molar-refractivity contribution >= 4 is 5.78 Å². The summed E-state index contributed by atoms with van der Waals surface area (Å²) < 4.78 is 0. The van der Waals surface area contributed by atoms with Gasteiger partial charge in [0.05, 0.1) is 0 Å². The molecule has 1 rings (SSSR count). The molecule has 3 heteroatoms. The van der Waals surface area contributed by atoms with E-state index >= 15 is 0 Å². The maximum atomic E-state index is 12.2. The molecule has 1 aromatic rings. The standard InChI is InChI=1S/C13H20N2O/c1-3-13(4-2,10-14)12(16)8-11-6-5-7-15-9-11/h5-7,9H,3-4,8,10,14H2,1-2H3. The van der Waals surface area contributed by atoms with Gasteiger partial charge in [0, 0.05) is 30.8 Å². The number of nitrogens with zero attached hydrogens (tertiary/aromatic N) is 1. The van der Waals surface area contributed by atoms with Gasteiger partial charge in [-0.3, -0.25) is 9.78 Å². The highest BCUT2D eigenvalue weighted by Gasteiger charge is 2.32. The molecule has 0 unspecified atom stereocenters. The number of carbonyl (C=O) groups is 1. The molecule has 0 saturated carbocycles. The zero-order valence-electron chi connectivity index (χ0n) is 10.1. The fraction of sp³-hybridized carbons (Fsp3) is 0.538. The van der Waals surface area contributed by atoms with Gasteiger partial charge in [0.2, 0.25) is 0 Å². The van der Waals surface area contributed by atoms with Crippen molar-refractivity contribution < 1.29 is 4.79 Å². The van der Waals surface area contributed by atoms with Crippen LogP contribution in [0.5, 0.6) is 0 Å². The van der Waals surface area contributed by atoms with Gasteiger partial charge in [0.25, 0.3) is 0 Å². The van der Waals surface area contributed by atoms with E-state index in [1.165, 1.54) is 0 Å². The monoisotopic (exact) mass is 220 g/mol. The Balaban J connectivity index is 2.78. The molecule has 1 heterocycles. The first-order chi connectivity index (χ1) is 7.68. The summed E-state index contributed by atoms with van der Waals surface area (Å²) >= 11 is 0. The van der Waals surface area contributed by atoms with E-state index in [0.29, 0.717) is 13.0 Å². The molecule has 0 amide bonds. The highest BCUT2D eigenvalue weighted by Crippen LogP contribution is 2.27. The molecule has 0 saturated heterocycles. The van der Waals surface area contributed by atoms with Crippen LogP contribution < -0.4 is 5.73 Å². The molecule has 0 atom stereocenters. The second-order valence-electron chi connectivity index (χ2n) is 4.15. The highest BCUT2D eigenvalue weighted by atomic mass is 16.1. The second-order valence-corrected chi connectivity index (χ2v) is 4.15. The first kappa shape index (κ1) is 12.8. The Morgan fingerprint density at radius 3 is 2.56 bits per heavy atom. The molecule has 3 nitrogen and oxygen atoms in total. The molecule has 0 aliphatic heterocycles. The summed E-state index contributed by atoms with van der Waals surface area (Å²) in [5.41, 5.74) is 6.36. The molecule has 1 aromatic heterocycles. The third-order valence-corrected chi connectivity index (χ3v) is 3.42. The first-order valence-electron chi connectivity index (χ1n) is 5.80. The minimum atomic E-state index is -0.351. The third-order valence-electron chi connectivity index (χ3n) is 3.42. The predicted molar refractivity (Wildman–Crippen MR) is 65.0 cm³/mol. The Labute approximate surface area is 97.1 Å². The Hall–Kier alpha value is -1.22.